The minimum absolute atomic E-state index is 0.132. The van der Waals surface area contributed by atoms with E-state index in [-0.39, 0.29) is 6.10 Å². The molecule has 3 rings (SSSR count). The zero-order valence-electron chi connectivity index (χ0n) is 19.3. The number of esters is 1. The molecule has 0 bridgehead atoms. The van der Waals surface area contributed by atoms with Gasteiger partial charge in [0.25, 0.3) is 0 Å². The molecule has 2 fully saturated rings. The van der Waals surface area contributed by atoms with E-state index in [0.717, 1.165) is 63.0 Å². The number of carbonyl (C=O) groups excluding carboxylic acids is 1. The van der Waals surface area contributed by atoms with Crippen molar-refractivity contribution >= 4 is 5.97 Å². The molecule has 0 aliphatic heterocycles. The molecule has 3 nitrogen and oxygen atoms in total. The second-order valence-electron chi connectivity index (χ2n) is 9.61. The van der Waals surface area contributed by atoms with Crippen LogP contribution in [0.15, 0.2) is 24.3 Å². The van der Waals surface area contributed by atoms with E-state index in [1.807, 2.05) is 0 Å². The lowest BCUT2D eigenvalue weighted by atomic mass is 9.84. The van der Waals surface area contributed by atoms with Crippen molar-refractivity contribution in [1.82, 2.24) is 0 Å². The van der Waals surface area contributed by atoms with Crippen molar-refractivity contribution in [2.75, 3.05) is 6.61 Å². The first-order valence-corrected chi connectivity index (χ1v) is 12.7. The monoisotopic (exact) mass is 432 g/mol. The molecule has 2 saturated carbocycles. The van der Waals surface area contributed by atoms with Gasteiger partial charge >= 0.3 is 5.97 Å². The second kappa shape index (κ2) is 13.1. The van der Waals surface area contributed by atoms with Crippen LogP contribution >= 0.6 is 0 Å². The van der Waals surface area contributed by atoms with Crippen LogP contribution in [0.25, 0.3) is 0 Å². The summed E-state index contributed by atoms with van der Waals surface area (Å²) in [5.41, 5.74) is 1.45. The third kappa shape index (κ3) is 8.12. The number of rotatable bonds is 11. The molecule has 2 aliphatic rings. The summed E-state index contributed by atoms with van der Waals surface area (Å²) in [5, 5.41) is 0. The first-order valence-electron chi connectivity index (χ1n) is 12.7. The Morgan fingerprint density at radius 1 is 0.968 bits per heavy atom. The molecule has 2 aliphatic carbocycles. The lowest BCUT2D eigenvalue weighted by Crippen LogP contribution is -2.30. The van der Waals surface area contributed by atoms with Gasteiger partial charge in [-0.25, -0.2) is 9.18 Å². The SMILES string of the molecule is CCCCCC[C@H](F)C(=O)OC1CCC(COc2ccc(C3CCCCC3)cc2)CC1. The highest BCUT2D eigenvalue weighted by molar-refractivity contribution is 5.74. The number of halogens is 1. The molecular weight excluding hydrogens is 391 g/mol. The number of hydrogen-bond donors (Lipinski definition) is 0. The Bertz CT molecular complexity index is 630. The van der Waals surface area contributed by atoms with Crippen LogP contribution in [-0.4, -0.2) is 24.9 Å². The van der Waals surface area contributed by atoms with E-state index < -0.39 is 12.1 Å². The van der Waals surface area contributed by atoms with E-state index >= 15 is 0 Å². The molecule has 1 aromatic carbocycles. The van der Waals surface area contributed by atoms with E-state index in [4.69, 9.17) is 9.47 Å². The molecule has 0 heterocycles. The number of hydrogen-bond acceptors (Lipinski definition) is 3. The quantitative estimate of drug-likeness (QED) is 0.268. The minimum atomic E-state index is -1.46. The Balaban J connectivity index is 1.31. The summed E-state index contributed by atoms with van der Waals surface area (Å²) in [6.07, 6.45) is 12.9. The van der Waals surface area contributed by atoms with E-state index in [2.05, 4.69) is 31.2 Å². The standard InChI is InChI=1S/C27H41FO3/c1-2-3-4-8-11-26(28)27(29)31-25-16-12-21(13-17-25)20-30-24-18-14-23(15-19-24)22-9-6-5-7-10-22/h14-15,18-19,21-22,25-26H,2-13,16-17,20H2,1H3/t21?,25?,26-/m0/s1. The lowest BCUT2D eigenvalue weighted by molar-refractivity contribution is -0.157. The van der Waals surface area contributed by atoms with Crippen molar-refractivity contribution in [2.45, 2.75) is 115 Å². The van der Waals surface area contributed by atoms with Gasteiger partial charge < -0.3 is 9.47 Å². The van der Waals surface area contributed by atoms with E-state index in [1.54, 1.807) is 0 Å². The van der Waals surface area contributed by atoms with Crippen molar-refractivity contribution in [3.05, 3.63) is 29.8 Å². The Kier molecular flexibility index (Phi) is 10.2. The van der Waals surface area contributed by atoms with Crippen molar-refractivity contribution in [1.29, 1.82) is 0 Å². The van der Waals surface area contributed by atoms with Crippen LogP contribution in [0, 0.1) is 5.92 Å². The van der Waals surface area contributed by atoms with Crippen LogP contribution in [0.3, 0.4) is 0 Å². The van der Waals surface area contributed by atoms with Gasteiger partial charge in [-0.05, 0) is 80.9 Å². The smallest absolute Gasteiger partial charge is 0.340 e. The summed E-state index contributed by atoms with van der Waals surface area (Å²) >= 11 is 0. The van der Waals surface area contributed by atoms with Crippen LogP contribution in [0.4, 0.5) is 4.39 Å². The molecule has 0 amide bonds. The molecule has 174 valence electrons. The molecule has 0 radical (unpaired) electrons. The first kappa shape index (κ1) is 24.1. The zero-order valence-corrected chi connectivity index (χ0v) is 19.3. The van der Waals surface area contributed by atoms with E-state index in [1.165, 1.54) is 37.7 Å². The molecule has 0 unspecified atom stereocenters. The lowest BCUT2D eigenvalue weighted by Gasteiger charge is -2.28. The van der Waals surface area contributed by atoms with Crippen molar-refractivity contribution in [3.8, 4) is 5.75 Å². The summed E-state index contributed by atoms with van der Waals surface area (Å²) in [7, 11) is 0. The number of ether oxygens (including phenoxy) is 2. The van der Waals surface area contributed by atoms with Crippen molar-refractivity contribution in [3.63, 3.8) is 0 Å². The summed E-state index contributed by atoms with van der Waals surface area (Å²) in [6.45, 7) is 2.82. The van der Waals surface area contributed by atoms with Gasteiger partial charge in [0, 0.05) is 0 Å². The maximum Gasteiger partial charge on any atom is 0.340 e. The normalized spacial score (nSPS) is 23.3. The van der Waals surface area contributed by atoms with E-state index in [0.29, 0.717) is 18.9 Å². The average molecular weight is 433 g/mol. The average Bonchev–Trinajstić information content (AvgIpc) is 2.82. The Morgan fingerprint density at radius 3 is 2.35 bits per heavy atom. The third-order valence-corrected chi connectivity index (χ3v) is 7.09. The molecule has 0 aromatic heterocycles. The molecular formula is C27H41FO3. The van der Waals surface area contributed by atoms with Crippen LogP contribution in [0.2, 0.25) is 0 Å². The molecule has 0 saturated heterocycles. The number of alkyl halides is 1. The molecule has 0 spiro atoms. The van der Waals surface area contributed by atoms with Gasteiger partial charge in [-0.15, -0.1) is 0 Å². The third-order valence-electron chi connectivity index (χ3n) is 7.09. The van der Waals surface area contributed by atoms with Gasteiger partial charge in [0.15, 0.2) is 6.17 Å². The van der Waals surface area contributed by atoms with Gasteiger partial charge in [0.1, 0.15) is 11.9 Å². The first-order chi connectivity index (χ1) is 15.2. The largest absolute Gasteiger partial charge is 0.493 e. The Morgan fingerprint density at radius 2 is 1.68 bits per heavy atom. The van der Waals surface area contributed by atoms with Crippen LogP contribution in [0.1, 0.15) is 108 Å². The number of unbranched alkanes of at least 4 members (excludes halogenated alkanes) is 3. The molecule has 1 aromatic rings. The van der Waals surface area contributed by atoms with Crippen LogP contribution in [0.5, 0.6) is 5.75 Å². The zero-order chi connectivity index (χ0) is 21.9. The fraction of sp³-hybridized carbons (Fsp3) is 0.741. The highest BCUT2D eigenvalue weighted by Gasteiger charge is 2.27. The molecule has 4 heteroatoms. The van der Waals surface area contributed by atoms with Gasteiger partial charge in [0.2, 0.25) is 0 Å². The predicted octanol–water partition coefficient (Wildman–Crippen LogP) is 7.52. The summed E-state index contributed by atoms with van der Waals surface area (Å²) in [6, 6.07) is 8.69. The fourth-order valence-corrected chi connectivity index (χ4v) is 5.01. The highest BCUT2D eigenvalue weighted by Crippen LogP contribution is 2.33. The second-order valence-corrected chi connectivity index (χ2v) is 9.61. The molecule has 1 atom stereocenters. The summed E-state index contributed by atoms with van der Waals surface area (Å²) in [5.74, 6) is 1.48. The van der Waals surface area contributed by atoms with Gasteiger partial charge in [-0.1, -0.05) is 57.6 Å². The molecule has 31 heavy (non-hydrogen) atoms. The van der Waals surface area contributed by atoms with E-state index in [9.17, 15) is 9.18 Å². The number of benzene rings is 1. The Labute approximate surface area is 188 Å². The maximum atomic E-state index is 14.0. The topological polar surface area (TPSA) is 35.5 Å². The number of carbonyl (C=O) groups is 1. The fourth-order valence-electron chi connectivity index (χ4n) is 5.01. The van der Waals surface area contributed by atoms with Crippen molar-refractivity contribution in [2.24, 2.45) is 5.92 Å². The summed E-state index contributed by atoms with van der Waals surface area (Å²) < 4.78 is 25.5. The van der Waals surface area contributed by atoms with Crippen LogP contribution in [-0.2, 0) is 9.53 Å². The molecule has 0 N–H and O–H groups in total. The van der Waals surface area contributed by atoms with Gasteiger partial charge in [-0.2, -0.15) is 0 Å². The summed E-state index contributed by atoms with van der Waals surface area (Å²) in [4.78, 5) is 12.0. The van der Waals surface area contributed by atoms with Gasteiger partial charge in [0.05, 0.1) is 6.61 Å². The Hall–Kier alpha value is -1.58. The highest BCUT2D eigenvalue weighted by atomic mass is 19.1. The predicted molar refractivity (Wildman–Crippen MR) is 123 cm³/mol. The van der Waals surface area contributed by atoms with Crippen molar-refractivity contribution < 1.29 is 18.7 Å². The van der Waals surface area contributed by atoms with Gasteiger partial charge in [-0.3, -0.25) is 0 Å². The minimum Gasteiger partial charge on any atom is -0.493 e. The van der Waals surface area contributed by atoms with Crippen LogP contribution < -0.4 is 4.74 Å². The maximum absolute atomic E-state index is 14.0.